The molecule has 0 radical (unpaired) electrons. The molecular weight excluding hydrogens is 428 g/mol. The Kier molecular flexibility index (Phi) is 5.54. The lowest BCUT2D eigenvalue weighted by Gasteiger charge is -2.33. The number of para-hydroxylation sites is 1. The summed E-state index contributed by atoms with van der Waals surface area (Å²) in [6.07, 6.45) is 0. The fraction of sp³-hybridized carbons (Fsp3) is 0.0833. The van der Waals surface area contributed by atoms with Crippen LogP contribution in [0.4, 0.5) is 0 Å². The minimum Gasteiger partial charge on any atom is -0.507 e. The van der Waals surface area contributed by atoms with E-state index in [0.717, 1.165) is 4.31 Å². The van der Waals surface area contributed by atoms with Crippen LogP contribution in [0.5, 0.6) is 5.75 Å². The number of phenolic OH excluding ortho intramolecular Hbond substituents is 1. The summed E-state index contributed by atoms with van der Waals surface area (Å²) in [5.41, 5.74) is 0.408. The third kappa shape index (κ3) is 3.54. The molecule has 7 nitrogen and oxygen atoms in total. The van der Waals surface area contributed by atoms with Gasteiger partial charge in [0.25, 0.3) is 15.9 Å². The van der Waals surface area contributed by atoms with Gasteiger partial charge >= 0.3 is 0 Å². The summed E-state index contributed by atoms with van der Waals surface area (Å²) in [4.78, 5) is 26.5. The van der Waals surface area contributed by atoms with E-state index in [0.29, 0.717) is 0 Å². The number of hydrogen-bond donors (Lipinski definition) is 2. The van der Waals surface area contributed by atoms with Crippen LogP contribution in [-0.2, 0) is 10.0 Å². The summed E-state index contributed by atoms with van der Waals surface area (Å²) >= 11 is 0. The van der Waals surface area contributed by atoms with Crippen molar-refractivity contribution in [2.75, 3.05) is 6.54 Å². The molecule has 4 rings (SSSR count). The summed E-state index contributed by atoms with van der Waals surface area (Å²) < 4.78 is 27.7. The molecule has 2 N–H and O–H groups in total. The number of nitrogens with one attached hydrogen (secondary N) is 1. The SMILES string of the molecule is CCN1C(C(=O)c2ccccc2)=C(NC(=O)c2ccccc2O)c2ccccc2S1(=O)=O. The molecule has 0 spiro atoms. The van der Waals surface area contributed by atoms with Crippen molar-refractivity contribution in [3.05, 3.63) is 101 Å². The van der Waals surface area contributed by atoms with E-state index in [2.05, 4.69) is 5.32 Å². The summed E-state index contributed by atoms with van der Waals surface area (Å²) in [5.74, 6) is -1.44. The van der Waals surface area contributed by atoms with Crippen molar-refractivity contribution in [1.29, 1.82) is 0 Å². The number of aromatic hydroxyl groups is 1. The van der Waals surface area contributed by atoms with Gasteiger partial charge in [-0.25, -0.2) is 8.42 Å². The second-order valence-electron chi connectivity index (χ2n) is 7.06. The van der Waals surface area contributed by atoms with Gasteiger partial charge in [0, 0.05) is 17.7 Å². The molecule has 1 aliphatic rings. The highest BCUT2D eigenvalue weighted by Gasteiger charge is 2.39. The largest absolute Gasteiger partial charge is 0.507 e. The molecule has 0 unspecified atom stereocenters. The quantitative estimate of drug-likeness (QED) is 0.583. The topological polar surface area (TPSA) is 104 Å². The zero-order valence-electron chi connectivity index (χ0n) is 17.1. The van der Waals surface area contributed by atoms with Gasteiger partial charge in [0.05, 0.1) is 16.2 Å². The molecule has 0 bridgehead atoms. The predicted octanol–water partition coefficient (Wildman–Crippen LogP) is 3.40. The number of likely N-dealkylation sites (N-methyl/N-ethyl adjacent to an activating group) is 1. The number of hydrogen-bond acceptors (Lipinski definition) is 5. The third-order valence-electron chi connectivity index (χ3n) is 5.14. The highest BCUT2D eigenvalue weighted by atomic mass is 32.2. The Bertz CT molecular complexity index is 1350. The standard InChI is InChI=1S/C24H20N2O5S/c1-2-26-22(23(28)16-10-4-3-5-11-16)21(18-13-7-9-15-20(18)32(26,30)31)25-24(29)17-12-6-8-14-19(17)27/h3-15,27H,2H2,1H3,(H,25,29). The van der Waals surface area contributed by atoms with Gasteiger partial charge in [0.1, 0.15) is 11.4 Å². The average Bonchev–Trinajstić information content (AvgIpc) is 2.81. The van der Waals surface area contributed by atoms with E-state index in [1.165, 1.54) is 18.2 Å². The molecule has 0 aromatic heterocycles. The van der Waals surface area contributed by atoms with Crippen molar-refractivity contribution in [3.63, 3.8) is 0 Å². The van der Waals surface area contributed by atoms with E-state index in [9.17, 15) is 23.1 Å². The molecule has 0 fully saturated rings. The molecule has 0 atom stereocenters. The fourth-order valence-corrected chi connectivity index (χ4v) is 5.33. The van der Waals surface area contributed by atoms with Gasteiger partial charge in [0.2, 0.25) is 5.78 Å². The maximum Gasteiger partial charge on any atom is 0.265 e. The summed E-state index contributed by atoms with van der Waals surface area (Å²) in [5, 5.41) is 12.8. The maximum absolute atomic E-state index is 13.5. The molecule has 3 aromatic carbocycles. The molecule has 3 aromatic rings. The Balaban J connectivity index is 1.96. The number of sulfonamides is 1. The second-order valence-corrected chi connectivity index (χ2v) is 8.89. The van der Waals surface area contributed by atoms with Crippen molar-refractivity contribution < 1.29 is 23.1 Å². The van der Waals surface area contributed by atoms with Crippen molar-refractivity contribution in [2.45, 2.75) is 11.8 Å². The number of allylic oxidation sites excluding steroid dienone is 1. The zero-order chi connectivity index (χ0) is 22.9. The Morgan fingerprint density at radius 2 is 1.53 bits per heavy atom. The first kappa shape index (κ1) is 21.3. The number of carbonyl (C=O) groups is 2. The molecule has 1 heterocycles. The molecule has 8 heteroatoms. The van der Waals surface area contributed by atoms with E-state index in [1.54, 1.807) is 67.6 Å². The van der Waals surface area contributed by atoms with E-state index in [1.807, 2.05) is 0 Å². The predicted molar refractivity (Wildman–Crippen MR) is 119 cm³/mol. The van der Waals surface area contributed by atoms with Crippen LogP contribution in [-0.4, -0.2) is 36.1 Å². The molecule has 0 saturated carbocycles. The van der Waals surface area contributed by atoms with Crippen molar-refractivity contribution in [1.82, 2.24) is 9.62 Å². The van der Waals surface area contributed by atoms with Gasteiger partial charge in [-0.15, -0.1) is 0 Å². The van der Waals surface area contributed by atoms with E-state index < -0.39 is 21.7 Å². The number of fused-ring (bicyclic) bond motifs is 1. The lowest BCUT2D eigenvalue weighted by Crippen LogP contribution is -2.41. The Labute approximate surface area is 185 Å². The molecule has 162 valence electrons. The molecule has 0 saturated heterocycles. The van der Waals surface area contributed by atoms with Gasteiger partial charge in [-0.1, -0.05) is 60.7 Å². The smallest absolute Gasteiger partial charge is 0.265 e. The van der Waals surface area contributed by atoms with Crippen LogP contribution in [0, 0.1) is 0 Å². The average molecular weight is 449 g/mol. The second kappa shape index (κ2) is 8.32. The van der Waals surface area contributed by atoms with E-state index in [-0.39, 0.29) is 45.3 Å². The number of ketones is 1. The van der Waals surface area contributed by atoms with Crippen LogP contribution in [0.15, 0.2) is 89.5 Å². The van der Waals surface area contributed by atoms with Gasteiger partial charge < -0.3 is 10.4 Å². The Morgan fingerprint density at radius 3 is 2.22 bits per heavy atom. The van der Waals surface area contributed by atoms with Gasteiger partial charge in [-0.2, -0.15) is 0 Å². The van der Waals surface area contributed by atoms with Gasteiger partial charge in [0.15, 0.2) is 0 Å². The van der Waals surface area contributed by atoms with Crippen LogP contribution >= 0.6 is 0 Å². The monoisotopic (exact) mass is 448 g/mol. The van der Waals surface area contributed by atoms with E-state index in [4.69, 9.17) is 0 Å². The summed E-state index contributed by atoms with van der Waals surface area (Å²) in [6, 6.07) is 20.4. The molecular formula is C24H20N2O5S. The zero-order valence-corrected chi connectivity index (χ0v) is 18.0. The van der Waals surface area contributed by atoms with Gasteiger partial charge in [-0.05, 0) is 25.1 Å². The Hall–Kier alpha value is -3.91. The molecule has 32 heavy (non-hydrogen) atoms. The van der Waals surface area contributed by atoms with Crippen LogP contribution < -0.4 is 5.32 Å². The first-order valence-corrected chi connectivity index (χ1v) is 11.4. The maximum atomic E-state index is 13.5. The molecule has 1 amide bonds. The number of amides is 1. The van der Waals surface area contributed by atoms with E-state index >= 15 is 0 Å². The van der Waals surface area contributed by atoms with Gasteiger partial charge in [-0.3, -0.25) is 13.9 Å². The summed E-state index contributed by atoms with van der Waals surface area (Å²) in [7, 11) is -4.02. The van der Waals surface area contributed by atoms with Crippen LogP contribution in [0.1, 0.15) is 33.2 Å². The van der Waals surface area contributed by atoms with Crippen molar-refractivity contribution in [3.8, 4) is 5.75 Å². The number of rotatable bonds is 5. The number of benzene rings is 3. The van der Waals surface area contributed by atoms with Crippen LogP contribution in [0.25, 0.3) is 5.70 Å². The first-order valence-electron chi connectivity index (χ1n) is 9.91. The molecule has 1 aliphatic heterocycles. The fourth-order valence-electron chi connectivity index (χ4n) is 3.64. The summed E-state index contributed by atoms with van der Waals surface area (Å²) in [6.45, 7) is 1.60. The van der Waals surface area contributed by atoms with Crippen LogP contribution in [0.3, 0.4) is 0 Å². The minimum atomic E-state index is -4.02. The molecule has 0 aliphatic carbocycles. The highest BCUT2D eigenvalue weighted by Crippen LogP contribution is 2.37. The number of carbonyl (C=O) groups excluding carboxylic acids is 2. The minimum absolute atomic E-state index is 0.000435. The first-order chi connectivity index (χ1) is 15.4. The normalized spacial score (nSPS) is 14.6. The highest BCUT2D eigenvalue weighted by molar-refractivity contribution is 7.89. The third-order valence-corrected chi connectivity index (χ3v) is 7.07. The lowest BCUT2D eigenvalue weighted by atomic mass is 10.0. The van der Waals surface area contributed by atoms with Crippen molar-refractivity contribution in [2.24, 2.45) is 0 Å². The number of Topliss-reactive ketones (excluding diaryl/α,β-unsaturated/α-hetero) is 1. The van der Waals surface area contributed by atoms with Crippen LogP contribution in [0.2, 0.25) is 0 Å². The van der Waals surface area contributed by atoms with Crippen molar-refractivity contribution >= 4 is 27.4 Å². The number of phenols is 1. The Morgan fingerprint density at radius 1 is 0.906 bits per heavy atom. The lowest BCUT2D eigenvalue weighted by molar-refractivity contribution is 0.0970. The number of nitrogens with zero attached hydrogens (tertiary/aromatic N) is 1.